The zero-order valence-corrected chi connectivity index (χ0v) is 18.8. The van der Waals surface area contributed by atoms with Crippen molar-refractivity contribution in [1.82, 2.24) is 0 Å². The van der Waals surface area contributed by atoms with E-state index in [1.807, 2.05) is 74.0 Å². The van der Waals surface area contributed by atoms with E-state index in [-0.39, 0.29) is 4.90 Å². The van der Waals surface area contributed by atoms with Gasteiger partial charge in [0, 0.05) is 28.4 Å². The van der Waals surface area contributed by atoms with Crippen LogP contribution >= 0.6 is 15.9 Å². The van der Waals surface area contributed by atoms with Gasteiger partial charge in [-0.1, -0.05) is 34.1 Å². The summed E-state index contributed by atoms with van der Waals surface area (Å²) in [5.41, 5.74) is 3.22. The summed E-state index contributed by atoms with van der Waals surface area (Å²) in [5.74, 6) is 0. The molecule has 5 nitrogen and oxygen atoms in total. The summed E-state index contributed by atoms with van der Waals surface area (Å²) in [6.07, 6.45) is 7.50. The van der Waals surface area contributed by atoms with Crippen molar-refractivity contribution in [3.05, 3.63) is 76.8 Å². The summed E-state index contributed by atoms with van der Waals surface area (Å²) in [7, 11) is -2.31. The smallest absolute Gasteiger partial charge is 0.282 e. The average molecular weight is 474 g/mol. The molecule has 0 saturated carbocycles. The van der Waals surface area contributed by atoms with Crippen molar-refractivity contribution < 1.29 is 17.5 Å². The lowest BCUT2D eigenvalue weighted by molar-refractivity contribution is -0.401. The van der Waals surface area contributed by atoms with Gasteiger partial charge in [0.1, 0.15) is 7.05 Å². The maximum Gasteiger partial charge on any atom is 0.294 e. The normalized spacial score (nSPS) is 16.8. The van der Waals surface area contributed by atoms with Gasteiger partial charge in [-0.15, -0.1) is 0 Å². The molecule has 0 aliphatic carbocycles. The highest BCUT2D eigenvalue weighted by Gasteiger charge is 2.43. The highest BCUT2D eigenvalue weighted by molar-refractivity contribution is 9.11. The molecule has 1 aliphatic heterocycles. The van der Waals surface area contributed by atoms with E-state index in [0.717, 1.165) is 27.1 Å². The average Bonchev–Trinajstić information content (AvgIpc) is 2.86. The fourth-order valence-corrected chi connectivity index (χ4v) is 4.16. The summed E-state index contributed by atoms with van der Waals surface area (Å²) in [6.45, 7) is 4.05. The molecule has 0 unspecified atom stereocenters. The predicted molar refractivity (Wildman–Crippen MR) is 121 cm³/mol. The summed E-state index contributed by atoms with van der Waals surface area (Å²) in [5, 5.41) is 0. The Morgan fingerprint density at radius 3 is 2.52 bits per heavy atom. The summed E-state index contributed by atoms with van der Waals surface area (Å²) in [4.78, 5) is 4.28. The maximum atomic E-state index is 11.5. The largest absolute Gasteiger partial charge is 0.294 e. The number of benzene rings is 2. The molecule has 1 N–H and O–H groups in total. The number of allylic oxidation sites excluding steroid dienone is 4. The highest BCUT2D eigenvalue weighted by Crippen LogP contribution is 2.40. The van der Waals surface area contributed by atoms with Crippen molar-refractivity contribution in [3.63, 3.8) is 0 Å². The molecule has 1 heterocycles. The van der Waals surface area contributed by atoms with Crippen LogP contribution in [0.25, 0.3) is 0 Å². The van der Waals surface area contributed by atoms with Crippen LogP contribution in [0, 0.1) is 0 Å². The maximum absolute atomic E-state index is 11.5. The molecule has 150 valence electrons. The fourth-order valence-electron chi connectivity index (χ4n) is 3.40. The van der Waals surface area contributed by atoms with Crippen molar-refractivity contribution in [2.75, 3.05) is 7.05 Å². The molecular weight excluding hydrogens is 452 g/mol. The van der Waals surface area contributed by atoms with Crippen LogP contribution in [0.15, 0.2) is 81.1 Å². The van der Waals surface area contributed by atoms with Gasteiger partial charge in [0.2, 0.25) is 5.69 Å². The Bertz CT molecular complexity index is 1160. The van der Waals surface area contributed by atoms with Gasteiger partial charge in [0.05, 0.1) is 16.0 Å². The molecule has 2 aromatic rings. The minimum atomic E-state index is -4.25. The van der Waals surface area contributed by atoms with Gasteiger partial charge in [-0.25, -0.2) is 0 Å². The quantitative estimate of drug-likeness (QED) is 0.281. The summed E-state index contributed by atoms with van der Waals surface area (Å²) < 4.78 is 35.3. The van der Waals surface area contributed by atoms with E-state index >= 15 is 0 Å². The van der Waals surface area contributed by atoms with Crippen molar-refractivity contribution >= 4 is 49.3 Å². The van der Waals surface area contributed by atoms with E-state index in [1.165, 1.54) is 6.07 Å². The first-order chi connectivity index (χ1) is 13.6. The number of aliphatic imine (C=N–C) groups is 1. The minimum absolute atomic E-state index is 0.0962. The Kier molecular flexibility index (Phi) is 6.03. The third-order valence-electron chi connectivity index (χ3n) is 4.92. The first-order valence-corrected chi connectivity index (χ1v) is 11.2. The van der Waals surface area contributed by atoms with Crippen LogP contribution in [0.4, 0.5) is 11.4 Å². The van der Waals surface area contributed by atoms with E-state index in [0.29, 0.717) is 0 Å². The second-order valence-electron chi connectivity index (χ2n) is 7.22. The molecule has 2 aromatic carbocycles. The van der Waals surface area contributed by atoms with Crippen LogP contribution in [-0.2, 0) is 15.5 Å². The molecule has 0 saturated heterocycles. The number of para-hydroxylation sites is 1. The fraction of sp³-hybridized carbons (Fsp3) is 0.182. The van der Waals surface area contributed by atoms with Gasteiger partial charge < -0.3 is 0 Å². The Hall–Kier alpha value is -2.35. The molecule has 1 aliphatic rings. The van der Waals surface area contributed by atoms with Gasteiger partial charge in [-0.3, -0.25) is 9.55 Å². The Morgan fingerprint density at radius 1 is 1.17 bits per heavy atom. The molecular formula is C22H22BrN2O3S+. The van der Waals surface area contributed by atoms with Gasteiger partial charge in [-0.2, -0.15) is 13.0 Å². The third-order valence-corrected chi connectivity index (χ3v) is 6.29. The van der Waals surface area contributed by atoms with Crippen molar-refractivity contribution in [2.24, 2.45) is 4.99 Å². The number of hydrogen-bond donors (Lipinski definition) is 1. The first kappa shape index (κ1) is 21.4. The standard InChI is InChI=1S/C22H21BrN2O3S/c1-22(2)19-15-18(29(26,27)28)10-11-20(19)25(3)21(22)12-9-16(23)13-14-24-17-7-5-4-6-8-17/h4-15H,1-3H3/p+1/b12-9+,16-13-,24-14?. The van der Waals surface area contributed by atoms with Gasteiger partial charge in [0.15, 0.2) is 5.71 Å². The van der Waals surface area contributed by atoms with Gasteiger partial charge in [-0.05, 0) is 50.3 Å². The topological polar surface area (TPSA) is 69.7 Å². The van der Waals surface area contributed by atoms with E-state index < -0.39 is 15.5 Å². The molecule has 0 atom stereocenters. The highest BCUT2D eigenvalue weighted by atomic mass is 79.9. The van der Waals surface area contributed by atoms with E-state index in [1.54, 1.807) is 18.3 Å². The minimum Gasteiger partial charge on any atom is -0.282 e. The second-order valence-corrected chi connectivity index (χ2v) is 9.56. The van der Waals surface area contributed by atoms with Crippen LogP contribution in [0.5, 0.6) is 0 Å². The molecule has 29 heavy (non-hydrogen) atoms. The Labute approximate surface area is 179 Å². The molecule has 3 rings (SSSR count). The van der Waals surface area contributed by atoms with E-state index in [4.69, 9.17) is 0 Å². The van der Waals surface area contributed by atoms with Crippen LogP contribution in [0.3, 0.4) is 0 Å². The van der Waals surface area contributed by atoms with Gasteiger partial charge in [0.25, 0.3) is 10.1 Å². The molecule has 7 heteroatoms. The number of nitrogens with zero attached hydrogens (tertiary/aromatic N) is 2. The summed E-state index contributed by atoms with van der Waals surface area (Å²) >= 11 is 3.53. The van der Waals surface area contributed by atoms with Crippen LogP contribution < -0.4 is 0 Å². The van der Waals surface area contributed by atoms with Crippen molar-refractivity contribution in [3.8, 4) is 0 Å². The van der Waals surface area contributed by atoms with Crippen molar-refractivity contribution in [2.45, 2.75) is 24.2 Å². The van der Waals surface area contributed by atoms with E-state index in [9.17, 15) is 13.0 Å². The number of fused-ring (bicyclic) bond motifs is 1. The Morgan fingerprint density at radius 2 is 1.86 bits per heavy atom. The first-order valence-electron chi connectivity index (χ1n) is 8.97. The van der Waals surface area contributed by atoms with Crippen LogP contribution in [-0.4, -0.2) is 36.5 Å². The number of hydrogen-bond acceptors (Lipinski definition) is 3. The van der Waals surface area contributed by atoms with Crippen molar-refractivity contribution in [1.29, 1.82) is 0 Å². The number of rotatable bonds is 5. The zero-order chi connectivity index (χ0) is 21.2. The Balaban J connectivity index is 1.86. The lowest BCUT2D eigenvalue weighted by Crippen LogP contribution is -2.26. The molecule has 0 amide bonds. The molecule has 0 fully saturated rings. The predicted octanol–water partition coefficient (Wildman–Crippen LogP) is 5.18. The second kappa shape index (κ2) is 8.18. The monoisotopic (exact) mass is 473 g/mol. The zero-order valence-electron chi connectivity index (χ0n) is 16.4. The lowest BCUT2D eigenvalue weighted by atomic mass is 9.81. The van der Waals surface area contributed by atoms with E-state index in [2.05, 4.69) is 20.9 Å². The molecule has 0 spiro atoms. The summed E-state index contributed by atoms with van der Waals surface area (Å²) in [6, 6.07) is 14.4. The molecule has 0 aromatic heterocycles. The lowest BCUT2D eigenvalue weighted by Gasteiger charge is -2.15. The number of halogens is 1. The SMILES string of the molecule is C[N+]1=C(/C=C/C(Br)=C/C=Nc2ccccc2)C(C)(C)c2cc(S(=O)(=O)O)ccc21. The molecule has 0 radical (unpaired) electrons. The van der Waals surface area contributed by atoms with Crippen LogP contribution in [0.1, 0.15) is 19.4 Å². The van der Waals surface area contributed by atoms with Gasteiger partial charge >= 0.3 is 0 Å². The third kappa shape index (κ3) is 4.63. The van der Waals surface area contributed by atoms with Crippen LogP contribution in [0.2, 0.25) is 0 Å². The molecule has 0 bridgehead atoms.